The maximum atomic E-state index is 2.35. The Balaban J connectivity index is 2.66. The Morgan fingerprint density at radius 2 is 2.00 bits per heavy atom. The van der Waals surface area contributed by atoms with E-state index in [0.29, 0.717) is 5.41 Å². The first-order chi connectivity index (χ1) is 5.00. The molecule has 0 spiro atoms. The van der Waals surface area contributed by atoms with Crippen molar-refractivity contribution in [2.45, 2.75) is 34.1 Å². The largest absolute Gasteiger partial charge is 0.102 e. The van der Waals surface area contributed by atoms with Crippen LogP contribution in [0.25, 0.3) is 0 Å². The Morgan fingerprint density at radius 3 is 2.36 bits per heavy atom. The van der Waals surface area contributed by atoms with Gasteiger partial charge in [-0.1, -0.05) is 32.4 Å². The van der Waals surface area contributed by atoms with Gasteiger partial charge in [0, 0.05) is 0 Å². The predicted octanol–water partition coefficient (Wildman–Crippen LogP) is 3.96. The molecule has 0 unspecified atom stereocenters. The molecule has 0 fully saturated rings. The van der Waals surface area contributed by atoms with Crippen LogP contribution in [0.2, 0.25) is 0 Å². The van der Waals surface area contributed by atoms with Crippen LogP contribution in [0.3, 0.4) is 0 Å². The van der Waals surface area contributed by atoms with Crippen molar-refractivity contribution in [2.24, 2.45) is 5.41 Å². The Hall–Kier alpha value is -0.170. The van der Waals surface area contributed by atoms with Crippen molar-refractivity contribution in [3.05, 3.63) is 22.0 Å². The molecule has 0 nitrogen and oxygen atoms in total. The van der Waals surface area contributed by atoms with Crippen LogP contribution < -0.4 is 0 Å². The quantitative estimate of drug-likeness (QED) is 0.527. The van der Waals surface area contributed by atoms with Gasteiger partial charge in [-0.2, -0.15) is 0 Å². The molecule has 0 saturated heterocycles. The third-order valence-electron chi connectivity index (χ3n) is 1.74. The third-order valence-corrected chi connectivity index (χ3v) is 3.29. The first kappa shape index (κ1) is 8.92. The van der Waals surface area contributed by atoms with Gasteiger partial charge in [0.1, 0.15) is 0 Å². The van der Waals surface area contributed by atoms with E-state index in [2.05, 4.69) is 39.2 Å². The topological polar surface area (TPSA) is 0 Å². The Morgan fingerprint density at radius 1 is 1.36 bits per heavy atom. The lowest BCUT2D eigenvalue weighted by Gasteiger charge is -2.23. The molecular weight excluding hydrogens is 152 g/mol. The molecule has 0 aliphatic carbocycles. The molecule has 0 radical (unpaired) electrons. The lowest BCUT2D eigenvalue weighted by Crippen LogP contribution is -2.07. The summed E-state index contributed by atoms with van der Waals surface area (Å²) in [7, 11) is 0. The minimum absolute atomic E-state index is 0.335. The summed E-state index contributed by atoms with van der Waals surface area (Å²) in [4.78, 5) is 1.50. The zero-order valence-electron chi connectivity index (χ0n) is 7.77. The van der Waals surface area contributed by atoms with E-state index in [4.69, 9.17) is 0 Å². The van der Waals surface area contributed by atoms with Crippen LogP contribution in [0.15, 0.2) is 22.0 Å². The maximum absolute atomic E-state index is 2.35. The molecule has 0 atom stereocenters. The molecule has 0 N–H and O–H groups in total. The van der Waals surface area contributed by atoms with Crippen LogP contribution in [0.4, 0.5) is 0 Å². The van der Waals surface area contributed by atoms with Gasteiger partial charge in [0.25, 0.3) is 0 Å². The van der Waals surface area contributed by atoms with E-state index < -0.39 is 0 Å². The van der Waals surface area contributed by atoms with Crippen molar-refractivity contribution >= 4 is 11.8 Å². The van der Waals surface area contributed by atoms with Crippen LogP contribution in [-0.2, 0) is 0 Å². The molecule has 0 aromatic rings. The van der Waals surface area contributed by atoms with Gasteiger partial charge >= 0.3 is 0 Å². The van der Waals surface area contributed by atoms with E-state index in [-0.39, 0.29) is 0 Å². The first-order valence-electron chi connectivity index (χ1n) is 4.03. The lowest BCUT2D eigenvalue weighted by atomic mass is 9.95. The molecule has 1 heterocycles. The molecule has 0 aromatic heterocycles. The summed E-state index contributed by atoms with van der Waals surface area (Å²) in [5.74, 6) is 0. The fourth-order valence-electron chi connectivity index (χ4n) is 0.997. The highest BCUT2D eigenvalue weighted by molar-refractivity contribution is 8.05. The minimum atomic E-state index is 0.335. The highest BCUT2D eigenvalue weighted by atomic mass is 32.2. The molecular formula is C10H16S. The standard InChI is InChI=1S/C10H16S/c1-8-5-6-9(11-7-8)10(2,3)4/h6-7H,5H2,1-4H3. The fourth-order valence-corrected chi connectivity index (χ4v) is 1.95. The Bertz CT molecular complexity index is 203. The fraction of sp³-hybridized carbons (Fsp3) is 0.600. The summed E-state index contributed by atoms with van der Waals surface area (Å²) in [6.45, 7) is 8.98. The van der Waals surface area contributed by atoms with Gasteiger partial charge in [-0.3, -0.25) is 0 Å². The van der Waals surface area contributed by atoms with Crippen LogP contribution in [-0.4, -0.2) is 0 Å². The van der Waals surface area contributed by atoms with Gasteiger partial charge in [-0.25, -0.2) is 0 Å². The molecule has 11 heavy (non-hydrogen) atoms. The number of rotatable bonds is 0. The molecule has 1 aliphatic rings. The summed E-state index contributed by atoms with van der Waals surface area (Å²) in [6, 6.07) is 0. The SMILES string of the molecule is CC1=CSC(C(C)(C)C)=CC1. The summed E-state index contributed by atoms with van der Waals surface area (Å²) in [5, 5.41) is 2.26. The number of allylic oxidation sites excluding steroid dienone is 3. The zero-order chi connectivity index (χ0) is 8.48. The van der Waals surface area contributed by atoms with Crippen LogP contribution in [0.5, 0.6) is 0 Å². The van der Waals surface area contributed by atoms with Crippen LogP contribution in [0, 0.1) is 5.41 Å². The monoisotopic (exact) mass is 168 g/mol. The van der Waals surface area contributed by atoms with Gasteiger partial charge in [0.05, 0.1) is 0 Å². The second-order valence-electron chi connectivity index (χ2n) is 4.10. The Kier molecular flexibility index (Phi) is 2.48. The molecule has 0 bridgehead atoms. The summed E-state index contributed by atoms with van der Waals surface area (Å²) in [5.41, 5.74) is 1.81. The van der Waals surface area contributed by atoms with Crippen molar-refractivity contribution in [3.8, 4) is 0 Å². The number of hydrogen-bond acceptors (Lipinski definition) is 1. The first-order valence-corrected chi connectivity index (χ1v) is 4.91. The van der Waals surface area contributed by atoms with Crippen LogP contribution >= 0.6 is 11.8 Å². The molecule has 1 aliphatic heterocycles. The highest BCUT2D eigenvalue weighted by Crippen LogP contribution is 2.39. The van der Waals surface area contributed by atoms with E-state index in [1.54, 1.807) is 0 Å². The van der Waals surface area contributed by atoms with Crippen molar-refractivity contribution in [1.29, 1.82) is 0 Å². The zero-order valence-corrected chi connectivity index (χ0v) is 8.59. The molecule has 0 aromatic carbocycles. The Labute approximate surface area is 73.8 Å². The van der Waals surface area contributed by atoms with E-state index in [1.165, 1.54) is 10.5 Å². The average Bonchev–Trinajstić information content (AvgIpc) is 1.86. The van der Waals surface area contributed by atoms with Crippen LogP contribution in [0.1, 0.15) is 34.1 Å². The second-order valence-corrected chi connectivity index (χ2v) is 5.02. The molecule has 1 heteroatoms. The lowest BCUT2D eigenvalue weighted by molar-refractivity contribution is 0.531. The number of thioether (sulfide) groups is 1. The van der Waals surface area contributed by atoms with Gasteiger partial charge in [-0.05, 0) is 29.1 Å². The summed E-state index contributed by atoms with van der Waals surface area (Å²) >= 11 is 1.88. The van der Waals surface area contributed by atoms with Gasteiger partial charge in [-0.15, -0.1) is 11.8 Å². The van der Waals surface area contributed by atoms with Gasteiger partial charge in [0.15, 0.2) is 0 Å². The summed E-state index contributed by atoms with van der Waals surface area (Å²) < 4.78 is 0. The number of hydrogen-bond donors (Lipinski definition) is 0. The average molecular weight is 168 g/mol. The summed E-state index contributed by atoms with van der Waals surface area (Å²) in [6.07, 6.45) is 3.49. The van der Waals surface area contributed by atoms with Crippen molar-refractivity contribution in [3.63, 3.8) is 0 Å². The van der Waals surface area contributed by atoms with Crippen molar-refractivity contribution < 1.29 is 0 Å². The van der Waals surface area contributed by atoms with Crippen molar-refractivity contribution in [1.82, 2.24) is 0 Å². The molecule has 62 valence electrons. The smallest absolute Gasteiger partial charge is 0.00717 e. The van der Waals surface area contributed by atoms with E-state index in [0.717, 1.165) is 6.42 Å². The molecule has 0 saturated carbocycles. The van der Waals surface area contributed by atoms with E-state index in [1.807, 2.05) is 11.8 Å². The van der Waals surface area contributed by atoms with Crippen molar-refractivity contribution in [2.75, 3.05) is 0 Å². The molecule has 0 amide bonds. The minimum Gasteiger partial charge on any atom is -0.102 e. The molecule has 1 rings (SSSR count). The van der Waals surface area contributed by atoms with Gasteiger partial charge < -0.3 is 0 Å². The normalized spacial score (nSPS) is 19.3. The second kappa shape index (κ2) is 3.06. The van der Waals surface area contributed by atoms with E-state index in [9.17, 15) is 0 Å². The highest BCUT2D eigenvalue weighted by Gasteiger charge is 2.18. The maximum Gasteiger partial charge on any atom is -0.00717 e. The predicted molar refractivity (Wildman–Crippen MR) is 53.5 cm³/mol. The third kappa shape index (κ3) is 2.41. The van der Waals surface area contributed by atoms with Gasteiger partial charge in [0.2, 0.25) is 0 Å². The van der Waals surface area contributed by atoms with E-state index >= 15 is 0 Å².